The van der Waals surface area contributed by atoms with Crippen LogP contribution in [0.2, 0.25) is 0 Å². The first-order chi connectivity index (χ1) is 34.5. The second-order valence-electron chi connectivity index (χ2n) is 20.2. The first kappa shape index (κ1) is 67.1. The summed E-state index contributed by atoms with van der Waals surface area (Å²) < 4.78 is 16.9. The Morgan fingerprint density at radius 1 is 0.286 bits per heavy atom. The highest BCUT2D eigenvalue weighted by molar-refractivity contribution is 5.71. The number of esters is 3. The molecule has 0 aliphatic heterocycles. The molecule has 6 nitrogen and oxygen atoms in total. The SMILES string of the molecule is CCCC/C=C\C/C=C\CCCCCCCC(=O)OCC(COC(=O)CCCCCCCCCCC/C=C\C/C=C\CCCCCCC)OC(=O)CCCCCCCCC/C=C\CCCCCCCC. The Labute approximate surface area is 434 Å². The monoisotopic (exact) mass is 979 g/mol. The van der Waals surface area contributed by atoms with E-state index in [2.05, 4.69) is 81.5 Å². The highest BCUT2D eigenvalue weighted by atomic mass is 16.6. The quantitative estimate of drug-likeness (QED) is 0.0261. The maximum absolute atomic E-state index is 12.9. The number of hydrogen-bond acceptors (Lipinski definition) is 6. The molecule has 70 heavy (non-hydrogen) atoms. The molecule has 0 radical (unpaired) electrons. The third kappa shape index (κ3) is 56.0. The summed E-state index contributed by atoms with van der Waals surface area (Å²) in [6.45, 7) is 6.60. The average molecular weight is 980 g/mol. The summed E-state index contributed by atoms with van der Waals surface area (Å²) in [5, 5.41) is 0. The second kappa shape index (κ2) is 58.7. The summed E-state index contributed by atoms with van der Waals surface area (Å²) >= 11 is 0. The maximum atomic E-state index is 12.9. The fourth-order valence-corrected chi connectivity index (χ4v) is 8.60. The topological polar surface area (TPSA) is 78.9 Å². The lowest BCUT2D eigenvalue weighted by Gasteiger charge is -2.18. The van der Waals surface area contributed by atoms with Crippen molar-refractivity contribution in [1.29, 1.82) is 0 Å². The molecule has 0 bridgehead atoms. The van der Waals surface area contributed by atoms with Gasteiger partial charge in [-0.3, -0.25) is 14.4 Å². The number of ether oxygens (including phenoxy) is 3. The minimum Gasteiger partial charge on any atom is -0.462 e. The van der Waals surface area contributed by atoms with E-state index in [0.717, 1.165) is 83.5 Å². The van der Waals surface area contributed by atoms with Crippen molar-refractivity contribution in [3.63, 3.8) is 0 Å². The van der Waals surface area contributed by atoms with Crippen LogP contribution in [-0.2, 0) is 28.6 Å². The largest absolute Gasteiger partial charge is 0.462 e. The van der Waals surface area contributed by atoms with Gasteiger partial charge >= 0.3 is 17.9 Å². The molecule has 0 aliphatic rings. The van der Waals surface area contributed by atoms with E-state index in [1.807, 2.05) is 0 Å². The van der Waals surface area contributed by atoms with Crippen molar-refractivity contribution in [3.8, 4) is 0 Å². The highest BCUT2D eigenvalue weighted by Crippen LogP contribution is 2.16. The standard InChI is InChI=1S/C64H114O6/c1-4-7-10-13-16-19-22-25-28-30-31-32-33-35-36-39-42-45-48-51-54-57-63(66)69-60-61(59-68-62(65)56-53-50-47-44-41-38-27-24-21-18-15-12-9-6-3)70-64(67)58-55-52-49-46-43-40-37-34-29-26-23-20-17-14-11-8-5-2/h15,18,22,24-27,29-31,61H,4-14,16-17,19-21,23,28,32-60H2,1-3H3/b18-15-,25-22-,27-24-,29-26-,31-30-. The van der Waals surface area contributed by atoms with E-state index in [1.54, 1.807) is 0 Å². The van der Waals surface area contributed by atoms with E-state index in [0.29, 0.717) is 19.3 Å². The van der Waals surface area contributed by atoms with Gasteiger partial charge in [0.15, 0.2) is 6.10 Å². The summed E-state index contributed by atoms with van der Waals surface area (Å²) in [7, 11) is 0. The molecule has 0 aromatic heterocycles. The summed E-state index contributed by atoms with van der Waals surface area (Å²) in [6, 6.07) is 0. The van der Waals surface area contributed by atoms with Crippen LogP contribution in [0, 0.1) is 0 Å². The Bertz CT molecular complexity index is 1260. The van der Waals surface area contributed by atoms with E-state index in [1.165, 1.54) is 186 Å². The Morgan fingerprint density at radius 3 is 0.843 bits per heavy atom. The minimum absolute atomic E-state index is 0.0816. The molecule has 0 amide bonds. The maximum Gasteiger partial charge on any atom is 0.306 e. The molecule has 1 unspecified atom stereocenters. The van der Waals surface area contributed by atoms with Gasteiger partial charge < -0.3 is 14.2 Å². The van der Waals surface area contributed by atoms with Gasteiger partial charge in [-0.2, -0.15) is 0 Å². The minimum atomic E-state index is -0.784. The molecule has 0 aromatic carbocycles. The smallest absolute Gasteiger partial charge is 0.306 e. The lowest BCUT2D eigenvalue weighted by molar-refractivity contribution is -0.167. The fourth-order valence-electron chi connectivity index (χ4n) is 8.60. The molecule has 0 saturated heterocycles. The summed E-state index contributed by atoms with van der Waals surface area (Å²) in [5.74, 6) is -0.891. The van der Waals surface area contributed by atoms with Gasteiger partial charge in [-0.05, 0) is 103 Å². The Morgan fingerprint density at radius 2 is 0.529 bits per heavy atom. The van der Waals surface area contributed by atoms with Crippen LogP contribution in [0.25, 0.3) is 0 Å². The van der Waals surface area contributed by atoms with E-state index in [4.69, 9.17) is 14.2 Å². The number of hydrogen-bond donors (Lipinski definition) is 0. The molecule has 0 fully saturated rings. The van der Waals surface area contributed by atoms with Crippen molar-refractivity contribution < 1.29 is 28.6 Å². The Balaban J connectivity index is 4.36. The zero-order valence-corrected chi connectivity index (χ0v) is 46.5. The second-order valence-corrected chi connectivity index (χ2v) is 20.2. The molecule has 0 saturated carbocycles. The molecule has 0 heterocycles. The van der Waals surface area contributed by atoms with Crippen molar-refractivity contribution in [2.75, 3.05) is 13.2 Å². The zero-order chi connectivity index (χ0) is 50.7. The fraction of sp³-hybridized carbons (Fsp3) is 0.797. The first-order valence-corrected chi connectivity index (χ1v) is 30.3. The van der Waals surface area contributed by atoms with Crippen molar-refractivity contribution in [2.24, 2.45) is 0 Å². The van der Waals surface area contributed by atoms with Crippen LogP contribution in [0.15, 0.2) is 60.8 Å². The van der Waals surface area contributed by atoms with Crippen LogP contribution in [0.5, 0.6) is 0 Å². The van der Waals surface area contributed by atoms with Gasteiger partial charge in [0.2, 0.25) is 0 Å². The Kier molecular flexibility index (Phi) is 56.3. The lowest BCUT2D eigenvalue weighted by Crippen LogP contribution is -2.30. The molecule has 406 valence electrons. The van der Waals surface area contributed by atoms with Crippen LogP contribution >= 0.6 is 0 Å². The molecular weight excluding hydrogens is 865 g/mol. The highest BCUT2D eigenvalue weighted by Gasteiger charge is 2.19. The number of allylic oxidation sites excluding steroid dienone is 10. The third-order valence-corrected chi connectivity index (χ3v) is 13.2. The molecule has 0 aliphatic carbocycles. The van der Waals surface area contributed by atoms with Crippen LogP contribution < -0.4 is 0 Å². The summed E-state index contributed by atoms with van der Waals surface area (Å²) in [5.41, 5.74) is 0. The molecule has 6 heteroatoms. The summed E-state index contributed by atoms with van der Waals surface area (Å²) in [6.07, 6.45) is 73.5. The number of carbonyl (C=O) groups is 3. The van der Waals surface area contributed by atoms with Crippen LogP contribution in [0.1, 0.15) is 310 Å². The van der Waals surface area contributed by atoms with Crippen molar-refractivity contribution in [3.05, 3.63) is 60.8 Å². The number of carbonyl (C=O) groups excluding carboxylic acids is 3. The van der Waals surface area contributed by atoms with Crippen molar-refractivity contribution in [2.45, 2.75) is 316 Å². The van der Waals surface area contributed by atoms with Gasteiger partial charge in [0.1, 0.15) is 13.2 Å². The van der Waals surface area contributed by atoms with Gasteiger partial charge in [-0.1, -0.05) is 248 Å². The zero-order valence-electron chi connectivity index (χ0n) is 46.5. The number of unbranched alkanes of at least 4 members (excludes halogenated alkanes) is 34. The summed E-state index contributed by atoms with van der Waals surface area (Å²) in [4.78, 5) is 38.2. The first-order valence-electron chi connectivity index (χ1n) is 30.3. The van der Waals surface area contributed by atoms with Crippen LogP contribution in [0.4, 0.5) is 0 Å². The van der Waals surface area contributed by atoms with Gasteiger partial charge in [0.05, 0.1) is 0 Å². The van der Waals surface area contributed by atoms with Crippen LogP contribution in [-0.4, -0.2) is 37.2 Å². The Hall–Kier alpha value is -2.89. The number of rotatable bonds is 55. The van der Waals surface area contributed by atoms with E-state index in [9.17, 15) is 14.4 Å². The molecule has 1 atom stereocenters. The van der Waals surface area contributed by atoms with E-state index >= 15 is 0 Å². The van der Waals surface area contributed by atoms with Gasteiger partial charge in [-0.25, -0.2) is 0 Å². The van der Waals surface area contributed by atoms with E-state index in [-0.39, 0.29) is 31.1 Å². The van der Waals surface area contributed by atoms with E-state index < -0.39 is 6.10 Å². The third-order valence-electron chi connectivity index (χ3n) is 13.2. The van der Waals surface area contributed by atoms with Gasteiger partial charge in [0.25, 0.3) is 0 Å². The van der Waals surface area contributed by atoms with Crippen LogP contribution in [0.3, 0.4) is 0 Å². The molecule has 0 spiro atoms. The van der Waals surface area contributed by atoms with Gasteiger partial charge in [-0.15, -0.1) is 0 Å². The molecular formula is C64H114O6. The van der Waals surface area contributed by atoms with Crippen molar-refractivity contribution >= 4 is 17.9 Å². The molecule has 0 rings (SSSR count). The van der Waals surface area contributed by atoms with Gasteiger partial charge in [0, 0.05) is 19.3 Å². The predicted molar refractivity (Wildman–Crippen MR) is 302 cm³/mol. The lowest BCUT2D eigenvalue weighted by atomic mass is 10.1. The predicted octanol–water partition coefficient (Wildman–Crippen LogP) is 20.4. The molecule has 0 aromatic rings. The van der Waals surface area contributed by atoms with Crippen molar-refractivity contribution in [1.82, 2.24) is 0 Å². The molecule has 0 N–H and O–H groups in total. The normalized spacial score (nSPS) is 12.4. The average Bonchev–Trinajstić information content (AvgIpc) is 3.36.